The second-order valence-electron chi connectivity index (χ2n) is 5.36. The van der Waals surface area contributed by atoms with Gasteiger partial charge in [-0.05, 0) is 32.2 Å². The Morgan fingerprint density at radius 1 is 1.24 bits per heavy atom. The summed E-state index contributed by atoms with van der Waals surface area (Å²) in [5.41, 5.74) is 6.30. The van der Waals surface area contributed by atoms with Gasteiger partial charge in [0.1, 0.15) is 25.2 Å². The first-order chi connectivity index (χ1) is 12.0. The number of nitrogens with two attached hydrogens (primary N) is 1. The van der Waals surface area contributed by atoms with E-state index in [0.717, 1.165) is 0 Å². The van der Waals surface area contributed by atoms with E-state index in [4.69, 9.17) is 19.9 Å². The van der Waals surface area contributed by atoms with Gasteiger partial charge in [0, 0.05) is 18.7 Å². The Hall–Kier alpha value is -2.00. The number of nitrogens with one attached hydrogen (secondary N) is 2. The second-order valence-corrected chi connectivity index (χ2v) is 5.36. The minimum Gasteiger partial charge on any atom is -0.489 e. The first kappa shape index (κ1) is 21.0. The van der Waals surface area contributed by atoms with Gasteiger partial charge in [-0.3, -0.25) is 9.59 Å². The monoisotopic (exact) mass is 353 g/mol. The van der Waals surface area contributed by atoms with Crippen LogP contribution in [-0.2, 0) is 14.3 Å². The molecule has 25 heavy (non-hydrogen) atoms. The molecule has 1 atom stereocenters. The van der Waals surface area contributed by atoms with Crippen molar-refractivity contribution in [3.05, 3.63) is 29.8 Å². The highest BCUT2D eigenvalue weighted by molar-refractivity contribution is 5.94. The topological polar surface area (TPSA) is 112 Å². The molecule has 0 aliphatic rings. The predicted molar refractivity (Wildman–Crippen MR) is 93.6 cm³/mol. The maximum absolute atomic E-state index is 12.0. The molecule has 8 heteroatoms. The van der Waals surface area contributed by atoms with Crippen LogP contribution in [0, 0.1) is 0 Å². The van der Waals surface area contributed by atoms with Crippen LogP contribution < -0.4 is 21.1 Å². The van der Waals surface area contributed by atoms with Crippen LogP contribution in [0.1, 0.15) is 17.3 Å². The standard InChI is InChI=1S/C17H27N3O5/c1-13(21)11-23-8-9-24-16(18)12-25-15-5-3-4-14(10-15)17(22)20-7-6-19-2/h3-5,10,16,19H,6-9,11-12,18H2,1-2H3,(H,20,22). The highest BCUT2D eigenvalue weighted by Gasteiger charge is 2.08. The average molecular weight is 353 g/mol. The summed E-state index contributed by atoms with van der Waals surface area (Å²) in [5, 5.41) is 5.75. The Bertz CT molecular complexity index is 539. The lowest BCUT2D eigenvalue weighted by Crippen LogP contribution is -2.32. The van der Waals surface area contributed by atoms with Crippen molar-refractivity contribution in [2.75, 3.05) is 46.6 Å². The van der Waals surface area contributed by atoms with Gasteiger partial charge >= 0.3 is 0 Å². The zero-order valence-electron chi connectivity index (χ0n) is 14.7. The Balaban J connectivity index is 2.30. The van der Waals surface area contributed by atoms with Crippen LogP contribution in [0.2, 0.25) is 0 Å². The maximum Gasteiger partial charge on any atom is 0.251 e. The number of likely N-dealkylation sites (N-methyl/N-ethyl adjacent to an activating group) is 1. The fourth-order valence-electron chi connectivity index (χ4n) is 1.83. The van der Waals surface area contributed by atoms with Crippen LogP contribution in [0.4, 0.5) is 0 Å². The Morgan fingerprint density at radius 2 is 2.04 bits per heavy atom. The number of hydrogen-bond acceptors (Lipinski definition) is 7. The summed E-state index contributed by atoms with van der Waals surface area (Å²) in [6.07, 6.45) is -0.631. The molecule has 1 aromatic carbocycles. The fraction of sp³-hybridized carbons (Fsp3) is 0.529. The number of rotatable bonds is 13. The molecular formula is C17H27N3O5. The zero-order chi connectivity index (χ0) is 18.5. The van der Waals surface area contributed by atoms with E-state index in [2.05, 4.69) is 10.6 Å². The molecule has 0 radical (unpaired) electrons. The van der Waals surface area contributed by atoms with Crippen molar-refractivity contribution < 1.29 is 23.8 Å². The molecule has 1 unspecified atom stereocenters. The third-order valence-electron chi connectivity index (χ3n) is 3.04. The first-order valence-corrected chi connectivity index (χ1v) is 8.13. The van der Waals surface area contributed by atoms with Gasteiger partial charge in [-0.15, -0.1) is 0 Å². The normalized spacial score (nSPS) is 11.8. The highest BCUT2D eigenvalue weighted by Crippen LogP contribution is 2.13. The molecule has 140 valence electrons. The molecule has 0 fully saturated rings. The minimum atomic E-state index is -0.631. The average Bonchev–Trinajstić information content (AvgIpc) is 2.59. The lowest BCUT2D eigenvalue weighted by Gasteiger charge is -2.14. The predicted octanol–water partition coefficient (Wildman–Crippen LogP) is -0.0784. The van der Waals surface area contributed by atoms with Crippen LogP contribution in [0.15, 0.2) is 24.3 Å². The number of carbonyl (C=O) groups excluding carboxylic acids is 2. The number of ether oxygens (including phenoxy) is 3. The minimum absolute atomic E-state index is 0.0393. The molecular weight excluding hydrogens is 326 g/mol. The lowest BCUT2D eigenvalue weighted by molar-refractivity contribution is -0.122. The van der Waals surface area contributed by atoms with Crippen LogP contribution in [-0.4, -0.2) is 64.5 Å². The number of carbonyl (C=O) groups is 2. The Kier molecular flexibility index (Phi) is 10.4. The van der Waals surface area contributed by atoms with E-state index in [0.29, 0.717) is 24.4 Å². The fourth-order valence-corrected chi connectivity index (χ4v) is 1.83. The quantitative estimate of drug-likeness (QED) is 0.336. The van der Waals surface area contributed by atoms with Gasteiger partial charge in [0.05, 0.1) is 13.2 Å². The summed E-state index contributed by atoms with van der Waals surface area (Å²) in [6, 6.07) is 6.85. The number of benzene rings is 1. The molecule has 0 bridgehead atoms. The van der Waals surface area contributed by atoms with Crippen LogP contribution >= 0.6 is 0 Å². The van der Waals surface area contributed by atoms with E-state index < -0.39 is 6.23 Å². The van der Waals surface area contributed by atoms with Gasteiger partial charge in [-0.1, -0.05) is 6.07 Å². The first-order valence-electron chi connectivity index (χ1n) is 8.13. The number of ketones is 1. The van der Waals surface area contributed by atoms with Gasteiger partial charge in [-0.2, -0.15) is 0 Å². The summed E-state index contributed by atoms with van der Waals surface area (Å²) in [6.45, 7) is 3.46. The van der Waals surface area contributed by atoms with E-state index in [9.17, 15) is 9.59 Å². The molecule has 8 nitrogen and oxygen atoms in total. The molecule has 1 amide bonds. The number of amides is 1. The second kappa shape index (κ2) is 12.4. The van der Waals surface area contributed by atoms with Crippen molar-refractivity contribution in [2.24, 2.45) is 5.73 Å². The van der Waals surface area contributed by atoms with Crippen molar-refractivity contribution in [3.8, 4) is 5.75 Å². The summed E-state index contributed by atoms with van der Waals surface area (Å²) in [5.74, 6) is 0.333. The van der Waals surface area contributed by atoms with E-state index >= 15 is 0 Å². The number of hydrogen-bond donors (Lipinski definition) is 3. The smallest absolute Gasteiger partial charge is 0.251 e. The molecule has 1 aromatic rings. The summed E-state index contributed by atoms with van der Waals surface area (Å²) in [4.78, 5) is 22.7. The van der Waals surface area contributed by atoms with E-state index in [-0.39, 0.29) is 38.1 Å². The van der Waals surface area contributed by atoms with Crippen molar-refractivity contribution in [2.45, 2.75) is 13.2 Å². The van der Waals surface area contributed by atoms with Gasteiger partial charge in [0.15, 0.2) is 5.78 Å². The Morgan fingerprint density at radius 3 is 2.76 bits per heavy atom. The maximum atomic E-state index is 12.0. The Labute approximate surface area is 148 Å². The SMILES string of the molecule is CNCCNC(=O)c1cccc(OCC(N)OCCOCC(C)=O)c1. The van der Waals surface area contributed by atoms with Crippen molar-refractivity contribution in [3.63, 3.8) is 0 Å². The molecule has 0 saturated heterocycles. The molecule has 0 aliphatic carbocycles. The van der Waals surface area contributed by atoms with Gasteiger partial charge in [0.25, 0.3) is 5.91 Å². The molecule has 0 heterocycles. The van der Waals surface area contributed by atoms with Crippen molar-refractivity contribution in [1.82, 2.24) is 10.6 Å². The largest absolute Gasteiger partial charge is 0.489 e. The zero-order valence-corrected chi connectivity index (χ0v) is 14.7. The van der Waals surface area contributed by atoms with Crippen LogP contribution in [0.3, 0.4) is 0 Å². The number of Topliss-reactive ketones (excluding diaryl/α,β-unsaturated/α-hetero) is 1. The third-order valence-corrected chi connectivity index (χ3v) is 3.04. The van der Waals surface area contributed by atoms with Gasteiger partial charge in [0.2, 0.25) is 0 Å². The van der Waals surface area contributed by atoms with E-state index in [1.54, 1.807) is 24.3 Å². The van der Waals surface area contributed by atoms with Gasteiger partial charge < -0.3 is 30.6 Å². The van der Waals surface area contributed by atoms with Crippen molar-refractivity contribution >= 4 is 11.7 Å². The lowest BCUT2D eigenvalue weighted by atomic mass is 10.2. The highest BCUT2D eigenvalue weighted by atomic mass is 16.6. The van der Waals surface area contributed by atoms with Gasteiger partial charge in [-0.25, -0.2) is 0 Å². The van der Waals surface area contributed by atoms with Crippen LogP contribution in [0.5, 0.6) is 5.75 Å². The summed E-state index contributed by atoms with van der Waals surface area (Å²) >= 11 is 0. The van der Waals surface area contributed by atoms with Crippen molar-refractivity contribution in [1.29, 1.82) is 0 Å². The molecule has 4 N–H and O–H groups in total. The third kappa shape index (κ3) is 9.78. The van der Waals surface area contributed by atoms with Crippen LogP contribution in [0.25, 0.3) is 0 Å². The molecule has 1 rings (SSSR count). The molecule has 0 saturated carbocycles. The molecule has 0 aromatic heterocycles. The summed E-state index contributed by atoms with van der Waals surface area (Å²) in [7, 11) is 1.82. The summed E-state index contributed by atoms with van der Waals surface area (Å²) < 4.78 is 15.9. The van der Waals surface area contributed by atoms with E-state index in [1.807, 2.05) is 7.05 Å². The van der Waals surface area contributed by atoms with E-state index in [1.165, 1.54) is 6.92 Å². The molecule has 0 aliphatic heterocycles. The molecule has 0 spiro atoms.